The standard InChI is InChI=1S/C17H15ClF3NO3S/c1-3-13-9(2)6-14(26-13)16(24)25-8-15(23)22-12-7-10(17(19,20)21)4-5-11(12)18/h4-7H,3,8H2,1-2H3,(H,22,23). The lowest BCUT2D eigenvalue weighted by molar-refractivity contribution is -0.137. The molecule has 2 rings (SSSR count). The van der Waals surface area contributed by atoms with Crippen molar-refractivity contribution >= 4 is 40.5 Å². The van der Waals surface area contributed by atoms with Gasteiger partial charge in [0.15, 0.2) is 6.61 Å². The number of esters is 1. The number of ether oxygens (including phenoxy) is 1. The second-order valence-corrected chi connectivity index (χ2v) is 6.93. The summed E-state index contributed by atoms with van der Waals surface area (Å²) < 4.78 is 43.1. The first kappa shape index (κ1) is 20.3. The summed E-state index contributed by atoms with van der Waals surface area (Å²) in [6.07, 6.45) is -3.79. The molecule has 1 heterocycles. The minimum absolute atomic E-state index is 0.0563. The fourth-order valence-electron chi connectivity index (χ4n) is 2.16. The fourth-order valence-corrected chi connectivity index (χ4v) is 3.33. The molecule has 0 saturated carbocycles. The van der Waals surface area contributed by atoms with E-state index in [1.165, 1.54) is 11.3 Å². The molecule has 1 aromatic carbocycles. The number of rotatable bonds is 5. The van der Waals surface area contributed by atoms with Gasteiger partial charge in [-0.25, -0.2) is 4.79 Å². The summed E-state index contributed by atoms with van der Waals surface area (Å²) in [4.78, 5) is 25.2. The Balaban J connectivity index is 1.99. The lowest BCUT2D eigenvalue weighted by Crippen LogP contribution is -2.21. The maximum Gasteiger partial charge on any atom is 0.416 e. The van der Waals surface area contributed by atoms with Crippen molar-refractivity contribution in [2.24, 2.45) is 0 Å². The zero-order valence-electron chi connectivity index (χ0n) is 13.9. The van der Waals surface area contributed by atoms with Gasteiger partial charge in [-0.05, 0) is 43.2 Å². The Morgan fingerprint density at radius 3 is 2.54 bits per heavy atom. The highest BCUT2D eigenvalue weighted by Crippen LogP contribution is 2.33. The number of thiophene rings is 1. The minimum Gasteiger partial charge on any atom is -0.451 e. The number of nitrogens with one attached hydrogen (secondary N) is 1. The summed E-state index contributed by atoms with van der Waals surface area (Å²) in [5.74, 6) is -1.45. The molecule has 2 aromatic rings. The molecule has 0 aliphatic rings. The maximum atomic E-state index is 12.7. The van der Waals surface area contributed by atoms with E-state index in [0.717, 1.165) is 35.1 Å². The van der Waals surface area contributed by atoms with Gasteiger partial charge in [-0.15, -0.1) is 11.3 Å². The van der Waals surface area contributed by atoms with Gasteiger partial charge in [0.25, 0.3) is 5.91 Å². The highest BCUT2D eigenvalue weighted by atomic mass is 35.5. The van der Waals surface area contributed by atoms with E-state index in [1.54, 1.807) is 6.07 Å². The van der Waals surface area contributed by atoms with Crippen molar-refractivity contribution in [3.8, 4) is 0 Å². The second kappa shape index (κ2) is 8.09. The van der Waals surface area contributed by atoms with Gasteiger partial charge < -0.3 is 10.1 Å². The molecule has 4 nitrogen and oxygen atoms in total. The molecular weight excluding hydrogens is 391 g/mol. The highest BCUT2D eigenvalue weighted by Gasteiger charge is 2.31. The predicted octanol–water partition coefficient (Wildman–Crippen LogP) is 5.09. The molecule has 0 atom stereocenters. The van der Waals surface area contributed by atoms with Crippen LogP contribution in [0.3, 0.4) is 0 Å². The number of benzene rings is 1. The summed E-state index contributed by atoms with van der Waals surface area (Å²) in [5, 5.41) is 2.16. The second-order valence-electron chi connectivity index (χ2n) is 5.39. The van der Waals surface area contributed by atoms with Crippen LogP contribution in [0.5, 0.6) is 0 Å². The molecule has 1 amide bonds. The van der Waals surface area contributed by atoms with Crippen LogP contribution in [0.15, 0.2) is 24.3 Å². The number of anilines is 1. The monoisotopic (exact) mass is 405 g/mol. The van der Waals surface area contributed by atoms with Crippen LogP contribution >= 0.6 is 22.9 Å². The molecule has 0 bridgehead atoms. The summed E-state index contributed by atoms with van der Waals surface area (Å²) in [5.41, 5.74) is -0.192. The third-order valence-corrected chi connectivity index (χ3v) is 5.14. The summed E-state index contributed by atoms with van der Waals surface area (Å²) >= 11 is 7.07. The number of amides is 1. The van der Waals surface area contributed by atoms with Gasteiger partial charge in [0.1, 0.15) is 4.88 Å². The zero-order valence-corrected chi connectivity index (χ0v) is 15.4. The zero-order chi connectivity index (χ0) is 19.5. The topological polar surface area (TPSA) is 55.4 Å². The van der Waals surface area contributed by atoms with Gasteiger partial charge in [0.05, 0.1) is 16.3 Å². The molecule has 0 aliphatic carbocycles. The number of halogens is 4. The fraction of sp³-hybridized carbons (Fsp3) is 0.294. The van der Waals surface area contributed by atoms with E-state index in [-0.39, 0.29) is 10.7 Å². The maximum absolute atomic E-state index is 12.7. The molecule has 0 spiro atoms. The summed E-state index contributed by atoms with van der Waals surface area (Å²) in [6.45, 7) is 3.19. The van der Waals surface area contributed by atoms with Gasteiger partial charge in [0, 0.05) is 4.88 Å². The average Bonchev–Trinajstić information content (AvgIpc) is 2.94. The predicted molar refractivity (Wildman–Crippen MR) is 93.8 cm³/mol. The summed E-state index contributed by atoms with van der Waals surface area (Å²) in [6, 6.07) is 4.24. The molecule has 0 saturated heterocycles. The quantitative estimate of drug-likeness (QED) is 0.705. The van der Waals surface area contributed by atoms with E-state index < -0.39 is 30.2 Å². The van der Waals surface area contributed by atoms with Gasteiger partial charge in [-0.2, -0.15) is 13.2 Å². The number of hydrogen-bond acceptors (Lipinski definition) is 4. The van der Waals surface area contributed by atoms with Crippen LogP contribution in [0.25, 0.3) is 0 Å². The largest absolute Gasteiger partial charge is 0.451 e. The Hall–Kier alpha value is -2.06. The number of hydrogen-bond donors (Lipinski definition) is 1. The van der Waals surface area contributed by atoms with E-state index in [4.69, 9.17) is 16.3 Å². The van der Waals surface area contributed by atoms with Crippen molar-refractivity contribution in [2.45, 2.75) is 26.4 Å². The van der Waals surface area contributed by atoms with E-state index in [9.17, 15) is 22.8 Å². The van der Waals surface area contributed by atoms with Gasteiger partial charge in [-0.3, -0.25) is 4.79 Å². The van der Waals surface area contributed by atoms with Crippen LogP contribution in [0.1, 0.15) is 32.6 Å². The Bertz CT molecular complexity index is 833. The van der Waals surface area contributed by atoms with Crippen LogP contribution in [-0.2, 0) is 22.1 Å². The molecule has 0 radical (unpaired) electrons. The van der Waals surface area contributed by atoms with Crippen LogP contribution in [0, 0.1) is 6.92 Å². The molecule has 1 N–H and O–H groups in total. The summed E-state index contributed by atoms with van der Waals surface area (Å²) in [7, 11) is 0. The van der Waals surface area contributed by atoms with Gasteiger partial charge >= 0.3 is 12.1 Å². The molecule has 0 aliphatic heterocycles. The molecule has 1 aromatic heterocycles. The Morgan fingerprint density at radius 1 is 1.27 bits per heavy atom. The number of aryl methyl sites for hydroxylation is 2. The number of carbonyl (C=O) groups excluding carboxylic acids is 2. The van der Waals surface area contributed by atoms with E-state index in [2.05, 4.69) is 5.32 Å². The SMILES string of the molecule is CCc1sc(C(=O)OCC(=O)Nc2cc(C(F)(F)F)ccc2Cl)cc1C. The lowest BCUT2D eigenvalue weighted by Gasteiger charge is -2.11. The first-order valence-corrected chi connectivity index (χ1v) is 8.74. The van der Waals surface area contributed by atoms with Crippen LogP contribution in [-0.4, -0.2) is 18.5 Å². The Labute approximate surface area is 156 Å². The van der Waals surface area contributed by atoms with Crippen molar-refractivity contribution in [3.05, 3.63) is 50.2 Å². The highest BCUT2D eigenvalue weighted by molar-refractivity contribution is 7.14. The third-order valence-electron chi connectivity index (χ3n) is 3.45. The minimum atomic E-state index is -4.56. The van der Waals surface area contributed by atoms with Crippen LogP contribution in [0.2, 0.25) is 5.02 Å². The molecule has 0 unspecified atom stereocenters. The number of carbonyl (C=O) groups is 2. The lowest BCUT2D eigenvalue weighted by atomic mass is 10.2. The molecule has 26 heavy (non-hydrogen) atoms. The first-order valence-electron chi connectivity index (χ1n) is 7.54. The normalized spacial score (nSPS) is 11.3. The van der Waals surface area contributed by atoms with Crippen LogP contribution < -0.4 is 5.32 Å². The molecule has 140 valence electrons. The van der Waals surface area contributed by atoms with Gasteiger partial charge in [0.2, 0.25) is 0 Å². The van der Waals surface area contributed by atoms with Crippen molar-refractivity contribution in [3.63, 3.8) is 0 Å². The Kier molecular flexibility index (Phi) is 6.30. The van der Waals surface area contributed by atoms with Crippen LogP contribution in [0.4, 0.5) is 18.9 Å². The van der Waals surface area contributed by atoms with Gasteiger partial charge in [-0.1, -0.05) is 18.5 Å². The third kappa shape index (κ3) is 4.98. The van der Waals surface area contributed by atoms with E-state index in [1.807, 2.05) is 13.8 Å². The van der Waals surface area contributed by atoms with Crippen molar-refractivity contribution < 1.29 is 27.5 Å². The Morgan fingerprint density at radius 2 is 1.96 bits per heavy atom. The first-order chi connectivity index (χ1) is 12.1. The average molecular weight is 406 g/mol. The number of alkyl halides is 3. The molecule has 9 heteroatoms. The van der Waals surface area contributed by atoms with E-state index >= 15 is 0 Å². The smallest absolute Gasteiger partial charge is 0.416 e. The molecule has 0 fully saturated rings. The van der Waals surface area contributed by atoms with Crippen molar-refractivity contribution in [1.29, 1.82) is 0 Å². The van der Waals surface area contributed by atoms with E-state index in [0.29, 0.717) is 4.88 Å². The molecular formula is C17H15ClF3NO3S. The van der Waals surface area contributed by atoms with Crippen molar-refractivity contribution in [1.82, 2.24) is 0 Å². The van der Waals surface area contributed by atoms with Crippen molar-refractivity contribution in [2.75, 3.05) is 11.9 Å².